The predicted octanol–water partition coefficient (Wildman–Crippen LogP) is 3.58. The molecule has 12 heteroatoms. The van der Waals surface area contributed by atoms with Crippen molar-refractivity contribution < 1.29 is 33.3 Å². The van der Waals surface area contributed by atoms with Crippen LogP contribution in [-0.2, 0) is 14.3 Å². The van der Waals surface area contributed by atoms with Crippen molar-refractivity contribution in [1.82, 2.24) is 16.1 Å². The third-order valence-corrected chi connectivity index (χ3v) is 6.20. The van der Waals surface area contributed by atoms with E-state index in [1.54, 1.807) is 38.1 Å². The zero-order valence-corrected chi connectivity index (χ0v) is 23.9. The van der Waals surface area contributed by atoms with E-state index in [9.17, 15) is 14.4 Å². The van der Waals surface area contributed by atoms with Gasteiger partial charge in [0.2, 0.25) is 0 Å². The molecule has 3 amide bonds. The van der Waals surface area contributed by atoms with Gasteiger partial charge in [0.05, 0.1) is 35.1 Å². The lowest BCUT2D eigenvalue weighted by Crippen LogP contribution is -2.45. The molecule has 0 saturated heterocycles. The van der Waals surface area contributed by atoms with Crippen molar-refractivity contribution in [3.8, 4) is 17.2 Å². The van der Waals surface area contributed by atoms with Crippen molar-refractivity contribution in [3.05, 3.63) is 75.0 Å². The van der Waals surface area contributed by atoms with E-state index in [2.05, 4.69) is 50.3 Å². The van der Waals surface area contributed by atoms with Crippen molar-refractivity contribution in [3.63, 3.8) is 0 Å². The van der Waals surface area contributed by atoms with E-state index in [1.807, 2.05) is 18.2 Å². The van der Waals surface area contributed by atoms with Crippen LogP contribution < -0.4 is 30.3 Å². The fourth-order valence-electron chi connectivity index (χ4n) is 3.62. The number of halogens is 1. The summed E-state index contributed by atoms with van der Waals surface area (Å²) in [5.74, 6) is 0.313. The van der Waals surface area contributed by atoms with Gasteiger partial charge in [0.25, 0.3) is 5.91 Å². The molecule has 3 N–H and O–H groups in total. The predicted molar refractivity (Wildman–Crippen MR) is 153 cm³/mol. The third kappa shape index (κ3) is 7.96. The van der Waals surface area contributed by atoms with Crippen LogP contribution in [0.4, 0.5) is 4.79 Å². The molecule has 0 fully saturated rings. The highest BCUT2D eigenvalue weighted by Crippen LogP contribution is 2.34. The highest BCUT2D eigenvalue weighted by molar-refractivity contribution is 14.1. The second-order valence-electron chi connectivity index (χ2n) is 8.07. The maximum Gasteiger partial charge on any atom is 0.338 e. The smallest absolute Gasteiger partial charge is 0.338 e. The van der Waals surface area contributed by atoms with E-state index >= 15 is 0 Å². The molecule has 0 bridgehead atoms. The molecule has 1 atom stereocenters. The molecule has 2 aromatic rings. The summed E-state index contributed by atoms with van der Waals surface area (Å²) >= 11 is 2.15. The third-order valence-electron chi connectivity index (χ3n) is 5.36. The summed E-state index contributed by atoms with van der Waals surface area (Å²) in [7, 11) is 1.44. The molecule has 2 aromatic carbocycles. The molecule has 3 rings (SSSR count). The van der Waals surface area contributed by atoms with Crippen LogP contribution in [0.3, 0.4) is 0 Å². The molecular weight excluding hydrogens is 619 g/mol. The van der Waals surface area contributed by atoms with Gasteiger partial charge >= 0.3 is 12.0 Å². The maximum atomic E-state index is 12.6. The molecule has 0 saturated carbocycles. The molecule has 1 aliphatic rings. The van der Waals surface area contributed by atoms with Gasteiger partial charge in [-0.1, -0.05) is 18.7 Å². The average Bonchev–Trinajstić information content (AvgIpc) is 2.91. The van der Waals surface area contributed by atoms with E-state index in [0.29, 0.717) is 29.4 Å². The van der Waals surface area contributed by atoms with Crippen LogP contribution in [-0.4, -0.2) is 51.1 Å². The van der Waals surface area contributed by atoms with Crippen molar-refractivity contribution in [1.29, 1.82) is 0 Å². The van der Waals surface area contributed by atoms with E-state index in [0.717, 1.165) is 14.9 Å². The number of hydrogen-bond donors (Lipinski definition) is 3. The first-order chi connectivity index (χ1) is 18.8. The molecular formula is C27H29IN4O7. The summed E-state index contributed by atoms with van der Waals surface area (Å²) in [6, 6.07) is 9.17. The molecule has 0 spiro atoms. The number of urea groups is 1. The Hall–Kier alpha value is -4.07. The first-order valence-electron chi connectivity index (χ1n) is 11.9. The van der Waals surface area contributed by atoms with E-state index in [1.165, 1.54) is 13.3 Å². The minimum Gasteiger partial charge on any atom is -0.493 e. The first-order valence-corrected chi connectivity index (χ1v) is 13.0. The quantitative estimate of drug-likeness (QED) is 0.105. The minimum absolute atomic E-state index is 0.190. The molecule has 39 heavy (non-hydrogen) atoms. The van der Waals surface area contributed by atoms with E-state index < -0.39 is 23.9 Å². The van der Waals surface area contributed by atoms with Crippen molar-refractivity contribution >= 4 is 46.7 Å². The van der Waals surface area contributed by atoms with Gasteiger partial charge in [0.1, 0.15) is 12.4 Å². The van der Waals surface area contributed by atoms with Gasteiger partial charge in [-0.05, 0) is 77.9 Å². The maximum absolute atomic E-state index is 12.6. The van der Waals surface area contributed by atoms with Crippen LogP contribution in [0, 0.1) is 3.57 Å². The molecule has 1 heterocycles. The zero-order valence-electron chi connectivity index (χ0n) is 21.7. The number of hydrogen-bond acceptors (Lipinski definition) is 8. The fourth-order valence-corrected chi connectivity index (χ4v) is 4.32. The second-order valence-corrected chi connectivity index (χ2v) is 9.23. The highest BCUT2D eigenvalue weighted by Gasteiger charge is 2.32. The monoisotopic (exact) mass is 648 g/mol. The summed E-state index contributed by atoms with van der Waals surface area (Å²) in [4.78, 5) is 36.9. The molecule has 0 aromatic heterocycles. The number of ether oxygens (including phenoxy) is 4. The zero-order chi connectivity index (χ0) is 28.4. The van der Waals surface area contributed by atoms with E-state index in [-0.39, 0.29) is 18.8 Å². The molecule has 206 valence electrons. The van der Waals surface area contributed by atoms with Gasteiger partial charge in [0.15, 0.2) is 18.1 Å². The number of carbonyl (C=O) groups is 3. The van der Waals surface area contributed by atoms with Crippen LogP contribution in [0.15, 0.2) is 65.4 Å². The number of carbonyl (C=O) groups excluding carboxylic acids is 3. The van der Waals surface area contributed by atoms with Crippen molar-refractivity contribution in [2.45, 2.75) is 19.9 Å². The minimum atomic E-state index is -0.760. The van der Waals surface area contributed by atoms with Crippen LogP contribution >= 0.6 is 22.6 Å². The lowest BCUT2D eigenvalue weighted by Gasteiger charge is -2.28. The largest absolute Gasteiger partial charge is 0.493 e. The molecule has 0 radical (unpaired) electrons. The first kappa shape index (κ1) is 29.5. The van der Waals surface area contributed by atoms with Crippen LogP contribution in [0.1, 0.15) is 31.0 Å². The number of benzene rings is 2. The Morgan fingerprint density at radius 3 is 2.62 bits per heavy atom. The van der Waals surface area contributed by atoms with Gasteiger partial charge in [-0.25, -0.2) is 15.0 Å². The van der Waals surface area contributed by atoms with Crippen LogP contribution in [0.5, 0.6) is 17.2 Å². The molecule has 11 nitrogen and oxygen atoms in total. The number of methoxy groups -OCH3 is 1. The number of nitrogens with one attached hydrogen (secondary N) is 3. The number of esters is 1. The normalized spacial score (nSPS) is 14.8. The van der Waals surface area contributed by atoms with Gasteiger partial charge in [-0.15, -0.1) is 0 Å². The Balaban J connectivity index is 1.64. The van der Waals surface area contributed by atoms with Gasteiger partial charge in [-0.2, -0.15) is 5.10 Å². The average molecular weight is 648 g/mol. The van der Waals surface area contributed by atoms with Gasteiger partial charge < -0.3 is 29.6 Å². The second kappa shape index (κ2) is 14.2. The highest BCUT2D eigenvalue weighted by atomic mass is 127. The van der Waals surface area contributed by atoms with Crippen molar-refractivity contribution in [2.24, 2.45) is 5.10 Å². The summed E-state index contributed by atoms with van der Waals surface area (Å²) in [6.45, 7) is 7.23. The van der Waals surface area contributed by atoms with E-state index in [4.69, 9.17) is 18.9 Å². The van der Waals surface area contributed by atoms with Crippen LogP contribution in [0.25, 0.3) is 0 Å². The topological polar surface area (TPSA) is 137 Å². The van der Waals surface area contributed by atoms with Crippen molar-refractivity contribution in [2.75, 3.05) is 26.9 Å². The Kier molecular flexibility index (Phi) is 10.7. The van der Waals surface area contributed by atoms with Gasteiger partial charge in [0, 0.05) is 5.70 Å². The fraction of sp³-hybridized carbons (Fsp3) is 0.259. The summed E-state index contributed by atoms with van der Waals surface area (Å²) < 4.78 is 22.6. The van der Waals surface area contributed by atoms with Gasteiger partial charge in [-0.3, -0.25) is 4.79 Å². The van der Waals surface area contributed by atoms with Crippen LogP contribution in [0.2, 0.25) is 0 Å². The Morgan fingerprint density at radius 1 is 1.15 bits per heavy atom. The molecule has 0 unspecified atom stereocenters. The SMILES string of the molecule is C=CCOc1ccc(/C=N\NC(=O)COc2ccc([C@H]3NC(=O)NC(C)=C3C(=O)OCC)cc2OC)cc1I. The summed E-state index contributed by atoms with van der Waals surface area (Å²) in [6.07, 6.45) is 3.18. The number of allylic oxidation sites excluding steroid dienone is 1. The standard InChI is InChI=1S/C27H29IN4O7/c1-5-11-38-20-9-7-17(12-19(20)28)14-29-32-23(33)15-39-21-10-8-18(13-22(21)36-4)25-24(26(34)37-6-2)16(3)30-27(35)31-25/h5,7-10,12-14,25H,1,6,11,15H2,2-4H3,(H,32,33)(H2,30,31,35)/b29-14-/t25-/m1/s1. The number of hydrazone groups is 1. The Morgan fingerprint density at radius 2 is 1.92 bits per heavy atom. The molecule has 0 aliphatic carbocycles. The molecule has 1 aliphatic heterocycles. The Labute approximate surface area is 239 Å². The number of rotatable bonds is 12. The number of amides is 3. The summed E-state index contributed by atoms with van der Waals surface area (Å²) in [5.41, 5.74) is 4.43. The number of nitrogens with zero attached hydrogens (tertiary/aromatic N) is 1. The summed E-state index contributed by atoms with van der Waals surface area (Å²) in [5, 5.41) is 9.29. The lowest BCUT2D eigenvalue weighted by molar-refractivity contribution is -0.139. The Bertz CT molecular complexity index is 1310. The lowest BCUT2D eigenvalue weighted by atomic mass is 9.95.